The zero-order valence-electron chi connectivity index (χ0n) is 11.2. The molecule has 2 rings (SSSR count). The topological polar surface area (TPSA) is 38.2 Å². The van der Waals surface area contributed by atoms with Crippen molar-refractivity contribution in [2.24, 2.45) is 11.8 Å². The van der Waals surface area contributed by atoms with Crippen LogP contribution in [0.25, 0.3) is 0 Å². The van der Waals surface area contributed by atoms with Gasteiger partial charge in [0.1, 0.15) is 17.6 Å². The molecule has 1 aliphatic heterocycles. The van der Waals surface area contributed by atoms with E-state index in [0.717, 1.165) is 24.8 Å². The van der Waals surface area contributed by atoms with Crippen molar-refractivity contribution in [3.8, 4) is 0 Å². The van der Waals surface area contributed by atoms with E-state index in [4.69, 9.17) is 16.3 Å². The van der Waals surface area contributed by atoms with Gasteiger partial charge in [-0.2, -0.15) is 0 Å². The molecule has 0 amide bonds. The van der Waals surface area contributed by atoms with Crippen LogP contribution in [0.3, 0.4) is 0 Å². The van der Waals surface area contributed by atoms with Gasteiger partial charge < -0.3 is 9.64 Å². The Balaban J connectivity index is 2.13. The second-order valence-corrected chi connectivity index (χ2v) is 5.52. The van der Waals surface area contributed by atoms with Crippen LogP contribution in [-0.4, -0.2) is 30.2 Å². The molecule has 18 heavy (non-hydrogen) atoms. The summed E-state index contributed by atoms with van der Waals surface area (Å²) in [6.45, 7) is 7.05. The van der Waals surface area contributed by atoms with E-state index in [1.165, 1.54) is 6.42 Å². The Kier molecular flexibility index (Phi) is 4.40. The van der Waals surface area contributed by atoms with Gasteiger partial charge in [0.2, 0.25) is 0 Å². The number of halogens is 1. The van der Waals surface area contributed by atoms with Crippen LogP contribution >= 0.6 is 11.6 Å². The van der Waals surface area contributed by atoms with Crippen LogP contribution in [0.15, 0.2) is 6.07 Å². The Hall–Kier alpha value is -0.870. The van der Waals surface area contributed by atoms with Crippen LogP contribution in [0.5, 0.6) is 0 Å². The van der Waals surface area contributed by atoms with Crippen molar-refractivity contribution < 1.29 is 4.74 Å². The molecule has 1 aliphatic rings. The largest absolute Gasteiger partial charge is 0.377 e. The number of methoxy groups -OCH3 is 1. The lowest BCUT2D eigenvalue weighted by molar-refractivity contribution is 0.178. The van der Waals surface area contributed by atoms with Gasteiger partial charge in [0.15, 0.2) is 5.82 Å². The smallest absolute Gasteiger partial charge is 0.158 e. The fourth-order valence-electron chi connectivity index (χ4n) is 2.35. The van der Waals surface area contributed by atoms with Crippen molar-refractivity contribution >= 4 is 17.4 Å². The van der Waals surface area contributed by atoms with Crippen molar-refractivity contribution in [1.29, 1.82) is 0 Å². The van der Waals surface area contributed by atoms with Gasteiger partial charge in [-0.25, -0.2) is 9.97 Å². The minimum absolute atomic E-state index is 0.398. The molecule has 0 saturated carbocycles. The molecule has 1 fully saturated rings. The quantitative estimate of drug-likeness (QED) is 0.788. The number of nitrogens with zero attached hydrogens (tertiary/aromatic N) is 3. The first-order valence-electron chi connectivity index (χ1n) is 6.37. The molecule has 1 aromatic heterocycles. The minimum atomic E-state index is 0.398. The monoisotopic (exact) mass is 269 g/mol. The second kappa shape index (κ2) is 5.85. The molecule has 0 aliphatic carbocycles. The molecule has 1 aromatic rings. The van der Waals surface area contributed by atoms with Gasteiger partial charge in [-0.05, 0) is 18.3 Å². The molecule has 0 N–H and O–H groups in total. The normalized spacial score (nSPS) is 19.8. The van der Waals surface area contributed by atoms with Gasteiger partial charge in [0.05, 0.1) is 0 Å². The van der Waals surface area contributed by atoms with Crippen LogP contribution in [0.2, 0.25) is 5.15 Å². The molecule has 0 spiro atoms. The molecule has 1 atom stereocenters. The summed E-state index contributed by atoms with van der Waals surface area (Å²) < 4.78 is 5.06. The van der Waals surface area contributed by atoms with Gasteiger partial charge >= 0.3 is 0 Å². The molecule has 0 bridgehead atoms. The highest BCUT2D eigenvalue weighted by atomic mass is 35.5. The van der Waals surface area contributed by atoms with Gasteiger partial charge in [0.25, 0.3) is 0 Å². The summed E-state index contributed by atoms with van der Waals surface area (Å²) in [4.78, 5) is 10.9. The highest BCUT2D eigenvalue weighted by Gasteiger charge is 2.26. The highest BCUT2D eigenvalue weighted by Crippen LogP contribution is 2.28. The summed E-state index contributed by atoms with van der Waals surface area (Å²) in [5.41, 5.74) is 0. The number of rotatable bonds is 4. The number of ether oxygens (including phenoxy) is 1. The average Bonchev–Trinajstić information content (AvgIpc) is 2.78. The van der Waals surface area contributed by atoms with Crippen molar-refractivity contribution in [2.75, 3.05) is 25.1 Å². The van der Waals surface area contributed by atoms with Gasteiger partial charge in [-0.3, -0.25) is 0 Å². The SMILES string of the molecule is COCc1nc(Cl)cc(N2CCC(C(C)C)C2)n1. The second-order valence-electron chi connectivity index (χ2n) is 5.14. The molecule has 1 unspecified atom stereocenters. The van der Waals surface area contributed by atoms with Gasteiger partial charge in [0, 0.05) is 26.3 Å². The summed E-state index contributed by atoms with van der Waals surface area (Å²) in [5, 5.41) is 0.486. The van der Waals surface area contributed by atoms with E-state index < -0.39 is 0 Å². The molecule has 2 heterocycles. The maximum atomic E-state index is 6.03. The summed E-state index contributed by atoms with van der Waals surface area (Å²) in [6, 6.07) is 1.84. The van der Waals surface area contributed by atoms with E-state index in [9.17, 15) is 0 Å². The Morgan fingerprint density at radius 1 is 1.50 bits per heavy atom. The van der Waals surface area contributed by atoms with E-state index in [0.29, 0.717) is 23.5 Å². The maximum absolute atomic E-state index is 6.03. The lowest BCUT2D eigenvalue weighted by Crippen LogP contribution is -2.22. The Bertz CT molecular complexity index is 411. The van der Waals surface area contributed by atoms with Crippen molar-refractivity contribution in [3.05, 3.63) is 17.0 Å². The number of anilines is 1. The standard InChI is InChI=1S/C13H20ClN3O/c1-9(2)10-4-5-17(7-10)13-6-11(14)15-12(16-13)8-18-3/h6,9-10H,4-5,7-8H2,1-3H3. The average molecular weight is 270 g/mol. The lowest BCUT2D eigenvalue weighted by Gasteiger charge is -2.19. The highest BCUT2D eigenvalue weighted by molar-refractivity contribution is 6.29. The summed E-state index contributed by atoms with van der Waals surface area (Å²) in [5.74, 6) is 3.02. The Morgan fingerprint density at radius 2 is 2.28 bits per heavy atom. The van der Waals surface area contributed by atoms with Crippen LogP contribution in [0.1, 0.15) is 26.1 Å². The van der Waals surface area contributed by atoms with E-state index in [-0.39, 0.29) is 0 Å². The first kappa shape index (κ1) is 13.6. The maximum Gasteiger partial charge on any atom is 0.158 e. The minimum Gasteiger partial charge on any atom is -0.377 e. The van der Waals surface area contributed by atoms with E-state index in [1.54, 1.807) is 7.11 Å². The third-order valence-corrected chi connectivity index (χ3v) is 3.69. The van der Waals surface area contributed by atoms with Crippen molar-refractivity contribution in [3.63, 3.8) is 0 Å². The molecular weight excluding hydrogens is 250 g/mol. The molecule has 0 radical (unpaired) electrons. The van der Waals surface area contributed by atoms with E-state index in [2.05, 4.69) is 28.7 Å². The van der Waals surface area contributed by atoms with E-state index >= 15 is 0 Å². The van der Waals surface area contributed by atoms with Crippen LogP contribution in [0, 0.1) is 11.8 Å². The fraction of sp³-hybridized carbons (Fsp3) is 0.692. The zero-order valence-corrected chi connectivity index (χ0v) is 11.9. The molecule has 1 saturated heterocycles. The third kappa shape index (κ3) is 3.12. The van der Waals surface area contributed by atoms with Gasteiger partial charge in [-0.1, -0.05) is 25.4 Å². The molecule has 5 heteroatoms. The van der Waals surface area contributed by atoms with Crippen LogP contribution < -0.4 is 4.90 Å². The van der Waals surface area contributed by atoms with Crippen LogP contribution in [-0.2, 0) is 11.3 Å². The molecule has 4 nitrogen and oxygen atoms in total. The lowest BCUT2D eigenvalue weighted by atomic mass is 9.95. The Labute approximate surface area is 113 Å². The first-order valence-corrected chi connectivity index (χ1v) is 6.75. The van der Waals surface area contributed by atoms with E-state index in [1.807, 2.05) is 6.07 Å². The third-order valence-electron chi connectivity index (χ3n) is 3.49. The predicted octanol–water partition coefficient (Wildman–Crippen LogP) is 2.76. The summed E-state index contributed by atoms with van der Waals surface area (Å²) in [7, 11) is 1.63. The molecular formula is C13H20ClN3O. The van der Waals surface area contributed by atoms with Gasteiger partial charge in [-0.15, -0.1) is 0 Å². The summed E-state index contributed by atoms with van der Waals surface area (Å²) >= 11 is 6.03. The summed E-state index contributed by atoms with van der Waals surface area (Å²) in [6.07, 6.45) is 1.22. The van der Waals surface area contributed by atoms with Crippen LogP contribution in [0.4, 0.5) is 5.82 Å². The zero-order chi connectivity index (χ0) is 13.1. The van der Waals surface area contributed by atoms with Crippen molar-refractivity contribution in [1.82, 2.24) is 9.97 Å². The number of hydrogen-bond acceptors (Lipinski definition) is 4. The number of hydrogen-bond donors (Lipinski definition) is 0. The fourth-order valence-corrected chi connectivity index (χ4v) is 2.54. The first-order chi connectivity index (χ1) is 8.60. The molecule has 0 aromatic carbocycles. The Morgan fingerprint density at radius 3 is 2.89 bits per heavy atom. The predicted molar refractivity (Wildman–Crippen MR) is 72.9 cm³/mol. The van der Waals surface area contributed by atoms with Crippen molar-refractivity contribution in [2.45, 2.75) is 26.9 Å². The number of aromatic nitrogens is 2. The molecule has 100 valence electrons.